The van der Waals surface area contributed by atoms with Crippen LogP contribution < -0.4 is 5.32 Å². The van der Waals surface area contributed by atoms with Crippen LogP contribution in [0.25, 0.3) is 10.9 Å². The molecule has 0 aliphatic carbocycles. The molecular weight excluding hydrogens is 392 g/mol. The molecular formula is C19H12ClF2N3OS. The van der Waals surface area contributed by atoms with Gasteiger partial charge in [0.25, 0.3) is 5.91 Å². The van der Waals surface area contributed by atoms with E-state index >= 15 is 0 Å². The van der Waals surface area contributed by atoms with Gasteiger partial charge >= 0.3 is 0 Å². The van der Waals surface area contributed by atoms with Gasteiger partial charge in [0.1, 0.15) is 17.3 Å². The second kappa shape index (κ2) is 7.09. The summed E-state index contributed by atoms with van der Waals surface area (Å²) in [6, 6.07) is 10.8. The highest BCUT2D eigenvalue weighted by atomic mass is 35.5. The minimum atomic E-state index is -0.622. The van der Waals surface area contributed by atoms with E-state index < -0.39 is 17.5 Å². The summed E-state index contributed by atoms with van der Waals surface area (Å²) in [6.45, 7) is 0. The number of hydrogen-bond acceptors (Lipinski definition) is 3. The molecule has 2 heterocycles. The summed E-state index contributed by atoms with van der Waals surface area (Å²) in [6.07, 6.45) is 1.81. The molecule has 0 bridgehead atoms. The van der Waals surface area contributed by atoms with Gasteiger partial charge in [-0.2, -0.15) is 0 Å². The SMILES string of the molecule is O=C(Nc1ncc(Cc2ccc(F)cc2F)s1)c1[nH]c2ccccc2c1Cl. The van der Waals surface area contributed by atoms with E-state index in [9.17, 15) is 13.6 Å². The maximum Gasteiger partial charge on any atom is 0.275 e. The number of hydrogen-bond donors (Lipinski definition) is 2. The number of aromatic nitrogens is 2. The first kappa shape index (κ1) is 17.6. The Morgan fingerprint density at radius 2 is 2.04 bits per heavy atom. The summed E-state index contributed by atoms with van der Waals surface area (Å²) in [5.41, 5.74) is 1.37. The van der Waals surface area contributed by atoms with Gasteiger partial charge in [-0.3, -0.25) is 10.1 Å². The van der Waals surface area contributed by atoms with Crippen LogP contribution in [0.3, 0.4) is 0 Å². The molecule has 1 amide bonds. The maximum absolute atomic E-state index is 13.8. The molecule has 0 unspecified atom stereocenters. The van der Waals surface area contributed by atoms with Gasteiger partial charge in [-0.05, 0) is 17.7 Å². The fraction of sp³-hybridized carbons (Fsp3) is 0.0526. The molecule has 8 heteroatoms. The Morgan fingerprint density at radius 1 is 1.22 bits per heavy atom. The van der Waals surface area contributed by atoms with Crippen LogP contribution in [-0.2, 0) is 6.42 Å². The lowest BCUT2D eigenvalue weighted by Crippen LogP contribution is -2.12. The minimum Gasteiger partial charge on any atom is -0.349 e. The molecule has 27 heavy (non-hydrogen) atoms. The summed E-state index contributed by atoms with van der Waals surface area (Å²) in [4.78, 5) is 20.4. The average molecular weight is 404 g/mol. The molecule has 0 saturated carbocycles. The highest BCUT2D eigenvalue weighted by Gasteiger charge is 2.17. The Balaban J connectivity index is 1.51. The molecule has 4 aromatic rings. The lowest BCUT2D eigenvalue weighted by molar-refractivity contribution is 0.102. The molecule has 2 aromatic heterocycles. The van der Waals surface area contributed by atoms with E-state index in [0.29, 0.717) is 15.7 Å². The van der Waals surface area contributed by atoms with Crippen molar-refractivity contribution in [3.8, 4) is 0 Å². The van der Waals surface area contributed by atoms with Crippen molar-refractivity contribution in [2.45, 2.75) is 6.42 Å². The number of thiazole rings is 1. The zero-order valence-corrected chi connectivity index (χ0v) is 15.3. The molecule has 0 atom stereocenters. The smallest absolute Gasteiger partial charge is 0.275 e. The molecule has 4 nitrogen and oxygen atoms in total. The number of rotatable bonds is 4. The zero-order chi connectivity index (χ0) is 19.0. The van der Waals surface area contributed by atoms with Crippen molar-refractivity contribution in [1.29, 1.82) is 0 Å². The van der Waals surface area contributed by atoms with Crippen LogP contribution in [0.4, 0.5) is 13.9 Å². The van der Waals surface area contributed by atoms with Gasteiger partial charge in [0.2, 0.25) is 0 Å². The van der Waals surface area contributed by atoms with Gasteiger partial charge in [0, 0.05) is 34.5 Å². The highest BCUT2D eigenvalue weighted by Crippen LogP contribution is 2.29. The lowest BCUT2D eigenvalue weighted by atomic mass is 10.1. The van der Waals surface area contributed by atoms with Crippen LogP contribution >= 0.6 is 22.9 Å². The molecule has 0 aliphatic heterocycles. The monoisotopic (exact) mass is 403 g/mol. The number of H-pyrrole nitrogens is 1. The largest absolute Gasteiger partial charge is 0.349 e. The van der Waals surface area contributed by atoms with Crippen molar-refractivity contribution in [3.05, 3.63) is 81.5 Å². The number of para-hydroxylation sites is 1. The fourth-order valence-electron chi connectivity index (χ4n) is 2.72. The van der Waals surface area contributed by atoms with E-state index in [1.54, 1.807) is 6.20 Å². The quantitative estimate of drug-likeness (QED) is 0.479. The first-order chi connectivity index (χ1) is 13.0. The molecule has 0 fully saturated rings. The van der Waals surface area contributed by atoms with Crippen molar-refractivity contribution in [1.82, 2.24) is 9.97 Å². The number of amides is 1. The number of aromatic amines is 1. The highest BCUT2D eigenvalue weighted by molar-refractivity contribution is 7.15. The van der Waals surface area contributed by atoms with E-state index in [1.165, 1.54) is 23.5 Å². The third-order valence-electron chi connectivity index (χ3n) is 4.02. The third kappa shape index (κ3) is 3.56. The number of carbonyl (C=O) groups is 1. The van der Waals surface area contributed by atoms with Gasteiger partial charge in [-0.25, -0.2) is 13.8 Å². The normalized spacial score (nSPS) is 11.1. The maximum atomic E-state index is 13.8. The molecule has 2 aromatic carbocycles. The second-order valence-corrected chi connectivity index (χ2v) is 7.35. The third-order valence-corrected chi connectivity index (χ3v) is 5.33. The van der Waals surface area contributed by atoms with E-state index in [0.717, 1.165) is 21.8 Å². The second-order valence-electron chi connectivity index (χ2n) is 5.86. The lowest BCUT2D eigenvalue weighted by Gasteiger charge is -2.01. The summed E-state index contributed by atoms with van der Waals surface area (Å²) >= 11 is 7.50. The van der Waals surface area contributed by atoms with Crippen LogP contribution in [0.15, 0.2) is 48.7 Å². The Kier molecular flexibility index (Phi) is 4.63. The Labute approximate surface area is 161 Å². The van der Waals surface area contributed by atoms with Crippen LogP contribution in [0.5, 0.6) is 0 Å². The topological polar surface area (TPSA) is 57.8 Å². The summed E-state index contributed by atoms with van der Waals surface area (Å²) < 4.78 is 26.8. The fourth-order valence-corrected chi connectivity index (χ4v) is 3.85. The molecule has 136 valence electrons. The summed E-state index contributed by atoms with van der Waals surface area (Å²) in [7, 11) is 0. The summed E-state index contributed by atoms with van der Waals surface area (Å²) in [5.74, 6) is -1.65. The van der Waals surface area contributed by atoms with Crippen molar-refractivity contribution >= 4 is 44.9 Å². The zero-order valence-electron chi connectivity index (χ0n) is 13.7. The van der Waals surface area contributed by atoms with E-state index in [2.05, 4.69) is 15.3 Å². The number of nitrogens with zero attached hydrogens (tertiary/aromatic N) is 1. The molecule has 0 radical (unpaired) electrons. The van der Waals surface area contributed by atoms with Gasteiger partial charge in [0.05, 0.1) is 5.02 Å². The van der Waals surface area contributed by atoms with E-state index in [1.807, 2.05) is 24.3 Å². The Hall–Kier alpha value is -2.77. The number of nitrogens with one attached hydrogen (secondary N) is 2. The number of fused-ring (bicyclic) bond motifs is 1. The standard InChI is InChI=1S/C19H12ClF2N3OS/c20-16-13-3-1-2-4-15(13)24-17(16)18(26)25-19-23-9-12(27-19)7-10-5-6-11(21)8-14(10)22/h1-6,8-9,24H,7H2,(H,23,25,26). The molecule has 0 aliphatic rings. The van der Waals surface area contributed by atoms with Crippen molar-refractivity contribution in [2.24, 2.45) is 0 Å². The number of anilines is 1. The first-order valence-corrected chi connectivity index (χ1v) is 9.17. The minimum absolute atomic E-state index is 0.249. The van der Waals surface area contributed by atoms with E-state index in [-0.39, 0.29) is 12.1 Å². The number of carbonyl (C=O) groups excluding carboxylic acids is 1. The van der Waals surface area contributed by atoms with Crippen LogP contribution in [0, 0.1) is 11.6 Å². The van der Waals surface area contributed by atoms with Crippen LogP contribution in [0.1, 0.15) is 20.9 Å². The van der Waals surface area contributed by atoms with Gasteiger partial charge in [0.15, 0.2) is 5.13 Å². The number of benzene rings is 2. The van der Waals surface area contributed by atoms with Gasteiger partial charge in [-0.1, -0.05) is 35.9 Å². The molecule has 0 saturated heterocycles. The van der Waals surface area contributed by atoms with Gasteiger partial charge < -0.3 is 4.98 Å². The Bertz CT molecular complexity index is 1160. The molecule has 4 rings (SSSR count). The summed E-state index contributed by atoms with van der Waals surface area (Å²) in [5, 5.41) is 4.16. The van der Waals surface area contributed by atoms with E-state index in [4.69, 9.17) is 11.6 Å². The van der Waals surface area contributed by atoms with Crippen molar-refractivity contribution in [2.75, 3.05) is 5.32 Å². The molecule has 0 spiro atoms. The van der Waals surface area contributed by atoms with Crippen LogP contribution in [0.2, 0.25) is 5.02 Å². The van der Waals surface area contributed by atoms with Crippen molar-refractivity contribution < 1.29 is 13.6 Å². The molecule has 2 N–H and O–H groups in total. The average Bonchev–Trinajstić information content (AvgIpc) is 3.22. The number of halogens is 3. The predicted molar refractivity (Wildman–Crippen MR) is 103 cm³/mol. The predicted octanol–water partition coefficient (Wildman–Crippen LogP) is 5.40. The first-order valence-electron chi connectivity index (χ1n) is 7.97. The van der Waals surface area contributed by atoms with Gasteiger partial charge in [-0.15, -0.1) is 11.3 Å². The van der Waals surface area contributed by atoms with Crippen molar-refractivity contribution in [3.63, 3.8) is 0 Å². The van der Waals surface area contributed by atoms with Crippen LogP contribution in [-0.4, -0.2) is 15.9 Å². The Morgan fingerprint density at radius 3 is 2.81 bits per heavy atom.